The van der Waals surface area contributed by atoms with Gasteiger partial charge in [0, 0.05) is 13.5 Å². The number of nitrogens with zero attached hydrogens (tertiary/aromatic N) is 2. The summed E-state index contributed by atoms with van der Waals surface area (Å²) in [6.07, 6.45) is 1.16. The molecule has 0 bridgehead atoms. The summed E-state index contributed by atoms with van der Waals surface area (Å²) >= 11 is 1.32. The van der Waals surface area contributed by atoms with Crippen LogP contribution in [-0.4, -0.2) is 65.9 Å². The van der Waals surface area contributed by atoms with E-state index in [0.29, 0.717) is 37.5 Å². The number of thiazole rings is 1. The maximum absolute atomic E-state index is 13.1. The quantitative estimate of drug-likeness (QED) is 0.494. The molecule has 2 unspecified atom stereocenters. The van der Waals surface area contributed by atoms with E-state index in [9.17, 15) is 14.4 Å². The Morgan fingerprint density at radius 3 is 2.86 bits per heavy atom. The van der Waals surface area contributed by atoms with Gasteiger partial charge in [-0.3, -0.25) is 14.4 Å². The van der Waals surface area contributed by atoms with Crippen molar-refractivity contribution in [2.45, 2.75) is 38.3 Å². The summed E-state index contributed by atoms with van der Waals surface area (Å²) in [5, 5.41) is 3.20. The van der Waals surface area contributed by atoms with Gasteiger partial charge in [0.2, 0.25) is 11.7 Å². The molecule has 29 heavy (non-hydrogen) atoms. The Hall–Kier alpha value is -2.36. The second-order valence-electron chi connectivity index (χ2n) is 7.02. The molecule has 0 aliphatic carbocycles. The number of fused-ring (bicyclic) bond motifs is 1. The van der Waals surface area contributed by atoms with Gasteiger partial charge in [-0.25, -0.2) is 4.98 Å². The van der Waals surface area contributed by atoms with E-state index in [1.165, 1.54) is 18.3 Å². The van der Waals surface area contributed by atoms with E-state index in [0.717, 1.165) is 16.6 Å². The minimum Gasteiger partial charge on any atom is -0.365 e. The molecule has 0 spiro atoms. The van der Waals surface area contributed by atoms with Gasteiger partial charge in [-0.1, -0.05) is 12.1 Å². The number of nitrogens with one attached hydrogen (secondary N) is 1. The fourth-order valence-corrected chi connectivity index (χ4v) is 4.21. The van der Waals surface area contributed by atoms with Crippen molar-refractivity contribution < 1.29 is 19.1 Å². The van der Waals surface area contributed by atoms with Crippen molar-refractivity contribution in [2.24, 2.45) is 5.73 Å². The van der Waals surface area contributed by atoms with Gasteiger partial charge in [0.15, 0.2) is 11.1 Å². The predicted molar refractivity (Wildman–Crippen MR) is 111 cm³/mol. The van der Waals surface area contributed by atoms with Crippen LogP contribution in [0.1, 0.15) is 36.0 Å². The molecule has 0 saturated carbocycles. The molecule has 1 aromatic heterocycles. The highest BCUT2D eigenvalue weighted by molar-refractivity contribution is 7.20. The maximum Gasteiger partial charge on any atom is 0.251 e. The standard InChI is InChI=1S/C20H26N4O4S/c1-13(25)24-10-11-28-16(12-24)19(27)22-15(7-4-5-9-21)18(26)20-23-14-6-2-3-8-17(14)29-20/h2-3,6,8,15-16H,4-5,7,9-12,21H2,1H3,(H,22,27). The highest BCUT2D eigenvalue weighted by Gasteiger charge is 2.32. The molecule has 2 amide bonds. The Morgan fingerprint density at radius 1 is 1.34 bits per heavy atom. The van der Waals surface area contributed by atoms with Crippen molar-refractivity contribution in [3.8, 4) is 0 Å². The van der Waals surface area contributed by atoms with Crippen LogP contribution in [0.5, 0.6) is 0 Å². The first-order valence-corrected chi connectivity index (χ1v) is 10.6. The van der Waals surface area contributed by atoms with Gasteiger partial charge in [0.25, 0.3) is 5.91 Å². The number of unbranched alkanes of at least 4 members (excludes halogenated alkanes) is 1. The molecule has 2 aromatic rings. The molecular formula is C20H26N4O4S. The number of hydrogen-bond donors (Lipinski definition) is 2. The smallest absolute Gasteiger partial charge is 0.251 e. The monoisotopic (exact) mass is 418 g/mol. The topological polar surface area (TPSA) is 115 Å². The number of carbonyl (C=O) groups is 3. The van der Waals surface area contributed by atoms with Crippen LogP contribution in [0.4, 0.5) is 0 Å². The van der Waals surface area contributed by atoms with Gasteiger partial charge in [0.1, 0.15) is 0 Å². The lowest BCUT2D eigenvalue weighted by Gasteiger charge is -2.32. The second-order valence-corrected chi connectivity index (χ2v) is 8.05. The lowest BCUT2D eigenvalue weighted by Crippen LogP contribution is -2.54. The number of carbonyl (C=O) groups excluding carboxylic acids is 3. The van der Waals surface area contributed by atoms with Crippen molar-refractivity contribution >= 4 is 39.2 Å². The first kappa shape index (κ1) is 21.4. The number of ether oxygens (including phenoxy) is 1. The first-order chi connectivity index (χ1) is 14.0. The number of amides is 2. The molecule has 3 rings (SSSR count). The van der Waals surface area contributed by atoms with Crippen LogP contribution in [0, 0.1) is 0 Å². The maximum atomic E-state index is 13.1. The normalized spacial score (nSPS) is 17.9. The Morgan fingerprint density at radius 2 is 2.14 bits per heavy atom. The van der Waals surface area contributed by atoms with Crippen molar-refractivity contribution in [1.29, 1.82) is 0 Å². The third kappa shape index (κ3) is 5.37. The highest BCUT2D eigenvalue weighted by Crippen LogP contribution is 2.23. The zero-order valence-electron chi connectivity index (χ0n) is 16.4. The molecule has 2 atom stereocenters. The number of para-hydroxylation sites is 1. The Bertz CT molecular complexity index is 851. The average Bonchev–Trinajstić information content (AvgIpc) is 3.17. The number of benzene rings is 1. The summed E-state index contributed by atoms with van der Waals surface area (Å²) < 4.78 is 6.46. The number of nitrogens with two attached hydrogens (primary N) is 1. The highest BCUT2D eigenvalue weighted by atomic mass is 32.1. The van der Waals surface area contributed by atoms with E-state index in [2.05, 4.69) is 10.3 Å². The molecule has 1 aliphatic heterocycles. The number of aromatic nitrogens is 1. The van der Waals surface area contributed by atoms with Crippen LogP contribution < -0.4 is 11.1 Å². The van der Waals surface area contributed by atoms with Gasteiger partial charge in [-0.05, 0) is 37.9 Å². The van der Waals surface area contributed by atoms with Crippen molar-refractivity contribution in [1.82, 2.24) is 15.2 Å². The summed E-state index contributed by atoms with van der Waals surface area (Å²) in [6, 6.07) is 6.84. The van der Waals surface area contributed by atoms with E-state index in [4.69, 9.17) is 10.5 Å². The Balaban J connectivity index is 1.72. The van der Waals surface area contributed by atoms with Crippen LogP contribution in [0.2, 0.25) is 0 Å². The lowest BCUT2D eigenvalue weighted by atomic mass is 10.0. The molecule has 2 heterocycles. The Labute approximate surface area is 173 Å². The van der Waals surface area contributed by atoms with Crippen LogP contribution in [0.15, 0.2) is 24.3 Å². The molecule has 156 valence electrons. The molecule has 1 fully saturated rings. The fourth-order valence-electron chi connectivity index (χ4n) is 3.25. The summed E-state index contributed by atoms with van der Waals surface area (Å²) in [7, 11) is 0. The third-order valence-electron chi connectivity index (χ3n) is 4.89. The van der Waals surface area contributed by atoms with Gasteiger partial charge in [-0.15, -0.1) is 11.3 Å². The zero-order chi connectivity index (χ0) is 20.8. The minimum absolute atomic E-state index is 0.101. The molecular weight excluding hydrogens is 392 g/mol. The van der Waals surface area contributed by atoms with Gasteiger partial charge in [-0.2, -0.15) is 0 Å². The molecule has 1 aliphatic rings. The molecule has 1 saturated heterocycles. The van der Waals surface area contributed by atoms with Gasteiger partial charge >= 0.3 is 0 Å². The minimum atomic E-state index is -0.784. The number of Topliss-reactive ketones (excluding diaryl/α,β-unsaturated/α-hetero) is 1. The van der Waals surface area contributed by atoms with E-state index in [1.807, 2.05) is 24.3 Å². The first-order valence-electron chi connectivity index (χ1n) is 9.77. The van der Waals surface area contributed by atoms with Gasteiger partial charge < -0.3 is 20.7 Å². The fraction of sp³-hybridized carbons (Fsp3) is 0.500. The largest absolute Gasteiger partial charge is 0.365 e. The predicted octanol–water partition coefficient (Wildman–Crippen LogP) is 1.34. The zero-order valence-corrected chi connectivity index (χ0v) is 17.2. The summed E-state index contributed by atoms with van der Waals surface area (Å²) in [5.74, 6) is -0.699. The molecule has 0 radical (unpaired) electrons. The number of rotatable bonds is 8. The summed E-state index contributed by atoms with van der Waals surface area (Å²) in [5.41, 5.74) is 6.34. The lowest BCUT2D eigenvalue weighted by molar-refractivity contribution is -0.146. The number of hydrogen-bond acceptors (Lipinski definition) is 7. The molecule has 8 nitrogen and oxygen atoms in total. The molecule has 3 N–H and O–H groups in total. The summed E-state index contributed by atoms with van der Waals surface area (Å²) in [6.45, 7) is 2.93. The van der Waals surface area contributed by atoms with Crippen molar-refractivity contribution in [3.63, 3.8) is 0 Å². The SMILES string of the molecule is CC(=O)N1CCOC(C(=O)NC(CCCCN)C(=O)c2nc3ccccc3s2)C1. The average molecular weight is 419 g/mol. The van der Waals surface area contributed by atoms with Crippen LogP contribution in [0.25, 0.3) is 10.2 Å². The summed E-state index contributed by atoms with van der Waals surface area (Å²) in [4.78, 5) is 43.5. The van der Waals surface area contributed by atoms with Crippen molar-refractivity contribution in [3.05, 3.63) is 29.3 Å². The van der Waals surface area contributed by atoms with E-state index in [1.54, 1.807) is 4.90 Å². The van der Waals surface area contributed by atoms with Crippen LogP contribution >= 0.6 is 11.3 Å². The van der Waals surface area contributed by atoms with Crippen LogP contribution in [0.3, 0.4) is 0 Å². The molecule has 1 aromatic carbocycles. The van der Waals surface area contributed by atoms with Crippen molar-refractivity contribution in [2.75, 3.05) is 26.2 Å². The number of ketones is 1. The van der Waals surface area contributed by atoms with E-state index >= 15 is 0 Å². The third-order valence-corrected chi connectivity index (χ3v) is 5.94. The van der Waals surface area contributed by atoms with E-state index < -0.39 is 12.1 Å². The van der Waals surface area contributed by atoms with E-state index in [-0.39, 0.29) is 24.1 Å². The Kier molecular flexibility index (Phi) is 7.29. The van der Waals surface area contributed by atoms with Crippen LogP contribution in [-0.2, 0) is 14.3 Å². The molecule has 9 heteroatoms. The number of morpholine rings is 1. The van der Waals surface area contributed by atoms with Gasteiger partial charge in [0.05, 0.1) is 29.4 Å². The second kappa shape index (κ2) is 9.91.